The number of carbonyl (C=O) groups is 1. The molecule has 3 fully saturated rings. The van der Waals surface area contributed by atoms with Gasteiger partial charge in [0.15, 0.2) is 0 Å². The molecule has 1 saturated heterocycles. The normalized spacial score (nSPS) is 38.0. The minimum Gasteiger partial charge on any atom is -0.480 e. The first-order chi connectivity index (χ1) is 9.40. The van der Waals surface area contributed by atoms with Gasteiger partial charge < -0.3 is 5.11 Å². The zero-order valence-electron chi connectivity index (χ0n) is 12.8. The number of rotatable bonds is 4. The molecule has 0 aromatic heterocycles. The summed E-state index contributed by atoms with van der Waals surface area (Å²) in [6.45, 7) is 6.94. The molecule has 3 aliphatic rings. The lowest BCUT2D eigenvalue weighted by Gasteiger charge is -2.41. The molecule has 0 aromatic rings. The molecule has 2 N–H and O–H groups in total. The standard InChI is InChI=1S/C16H28N2O2/c1-15(2)7-3-9-18(11-15)13-6-8-16(10-13,14(19)20)17-12-4-5-12/h12-13,17H,3-11H2,1-2H3,(H,19,20). The van der Waals surface area contributed by atoms with Crippen LogP contribution in [0.4, 0.5) is 0 Å². The highest BCUT2D eigenvalue weighted by atomic mass is 16.4. The van der Waals surface area contributed by atoms with E-state index >= 15 is 0 Å². The summed E-state index contributed by atoms with van der Waals surface area (Å²) in [5.74, 6) is -0.636. The average molecular weight is 280 g/mol. The van der Waals surface area contributed by atoms with Crippen molar-refractivity contribution in [2.45, 2.75) is 76.4 Å². The highest BCUT2D eigenvalue weighted by Crippen LogP contribution is 2.39. The molecule has 2 atom stereocenters. The molecule has 2 aliphatic carbocycles. The molecule has 0 radical (unpaired) electrons. The van der Waals surface area contributed by atoms with Crippen molar-refractivity contribution in [1.82, 2.24) is 10.2 Å². The van der Waals surface area contributed by atoms with Crippen molar-refractivity contribution in [3.63, 3.8) is 0 Å². The van der Waals surface area contributed by atoms with Gasteiger partial charge in [0.05, 0.1) is 0 Å². The number of hydrogen-bond acceptors (Lipinski definition) is 3. The molecule has 20 heavy (non-hydrogen) atoms. The summed E-state index contributed by atoms with van der Waals surface area (Å²) >= 11 is 0. The number of likely N-dealkylation sites (tertiary alicyclic amines) is 1. The third-order valence-corrected chi connectivity index (χ3v) is 5.40. The molecule has 0 aromatic carbocycles. The molecule has 0 spiro atoms. The summed E-state index contributed by atoms with van der Waals surface area (Å²) in [4.78, 5) is 14.3. The van der Waals surface area contributed by atoms with Crippen LogP contribution in [0.15, 0.2) is 0 Å². The van der Waals surface area contributed by atoms with Gasteiger partial charge in [-0.25, -0.2) is 0 Å². The predicted octanol–water partition coefficient (Wildman–Crippen LogP) is 2.24. The third kappa shape index (κ3) is 2.86. The van der Waals surface area contributed by atoms with Crippen LogP contribution in [0.2, 0.25) is 0 Å². The van der Waals surface area contributed by atoms with Gasteiger partial charge in [0.25, 0.3) is 0 Å². The Hall–Kier alpha value is -0.610. The van der Waals surface area contributed by atoms with Crippen LogP contribution in [0.1, 0.15) is 58.8 Å². The van der Waals surface area contributed by atoms with Crippen LogP contribution in [-0.2, 0) is 4.79 Å². The fraction of sp³-hybridized carbons (Fsp3) is 0.938. The number of carboxylic acid groups (broad SMARTS) is 1. The fourth-order valence-corrected chi connectivity index (χ4v) is 4.12. The van der Waals surface area contributed by atoms with Crippen LogP contribution >= 0.6 is 0 Å². The van der Waals surface area contributed by atoms with E-state index in [1.54, 1.807) is 0 Å². The first-order valence-corrected chi connectivity index (χ1v) is 8.15. The van der Waals surface area contributed by atoms with E-state index in [1.165, 1.54) is 12.8 Å². The highest BCUT2D eigenvalue weighted by Gasteiger charge is 2.49. The Bertz CT molecular complexity index is 392. The summed E-state index contributed by atoms with van der Waals surface area (Å²) in [5, 5.41) is 13.1. The highest BCUT2D eigenvalue weighted by molar-refractivity contribution is 5.79. The third-order valence-electron chi connectivity index (χ3n) is 5.40. The van der Waals surface area contributed by atoms with Crippen molar-refractivity contribution in [3.05, 3.63) is 0 Å². The monoisotopic (exact) mass is 280 g/mol. The van der Waals surface area contributed by atoms with E-state index in [0.717, 1.165) is 45.2 Å². The van der Waals surface area contributed by atoms with Gasteiger partial charge in [0.1, 0.15) is 5.54 Å². The maximum absolute atomic E-state index is 11.8. The SMILES string of the molecule is CC1(C)CCCN(C2CCC(NC3CC3)(C(=O)O)C2)C1. The van der Waals surface area contributed by atoms with Gasteiger partial charge in [-0.1, -0.05) is 13.8 Å². The molecule has 1 heterocycles. The lowest BCUT2D eigenvalue weighted by molar-refractivity contribution is -0.145. The van der Waals surface area contributed by atoms with Gasteiger partial charge in [-0.3, -0.25) is 15.0 Å². The molecule has 0 bridgehead atoms. The van der Waals surface area contributed by atoms with E-state index in [1.807, 2.05) is 0 Å². The van der Waals surface area contributed by atoms with E-state index in [4.69, 9.17) is 0 Å². The van der Waals surface area contributed by atoms with Crippen molar-refractivity contribution in [1.29, 1.82) is 0 Å². The van der Waals surface area contributed by atoms with Gasteiger partial charge >= 0.3 is 5.97 Å². The van der Waals surface area contributed by atoms with E-state index in [9.17, 15) is 9.90 Å². The van der Waals surface area contributed by atoms with E-state index in [-0.39, 0.29) is 0 Å². The molecule has 1 aliphatic heterocycles. The Morgan fingerprint density at radius 2 is 2.00 bits per heavy atom. The van der Waals surface area contributed by atoms with E-state index in [0.29, 0.717) is 17.5 Å². The predicted molar refractivity (Wildman–Crippen MR) is 78.8 cm³/mol. The Labute approximate surface area is 121 Å². The minimum absolute atomic E-state index is 0.386. The van der Waals surface area contributed by atoms with Crippen molar-refractivity contribution in [2.75, 3.05) is 13.1 Å². The summed E-state index contributed by atoms with van der Waals surface area (Å²) in [5.41, 5.74) is -0.260. The van der Waals surface area contributed by atoms with Gasteiger partial charge in [-0.15, -0.1) is 0 Å². The summed E-state index contributed by atoms with van der Waals surface area (Å²) < 4.78 is 0. The number of aliphatic carboxylic acids is 1. The van der Waals surface area contributed by atoms with Gasteiger partial charge in [-0.05, 0) is 56.9 Å². The first-order valence-electron chi connectivity index (χ1n) is 8.15. The number of nitrogens with zero attached hydrogens (tertiary/aromatic N) is 1. The fourth-order valence-electron chi connectivity index (χ4n) is 4.12. The molecular formula is C16H28N2O2. The van der Waals surface area contributed by atoms with Crippen LogP contribution in [0.5, 0.6) is 0 Å². The average Bonchev–Trinajstić information content (AvgIpc) is 3.04. The number of piperidine rings is 1. The Balaban J connectivity index is 1.66. The maximum Gasteiger partial charge on any atom is 0.323 e. The Morgan fingerprint density at radius 3 is 2.60 bits per heavy atom. The summed E-state index contributed by atoms with van der Waals surface area (Å²) in [6.07, 6.45) is 7.45. The van der Waals surface area contributed by atoms with E-state index in [2.05, 4.69) is 24.1 Å². The second-order valence-corrected chi connectivity index (χ2v) is 7.94. The summed E-state index contributed by atoms with van der Waals surface area (Å²) in [7, 11) is 0. The molecule has 2 unspecified atom stereocenters. The van der Waals surface area contributed by atoms with Gasteiger partial charge in [0, 0.05) is 18.6 Å². The summed E-state index contributed by atoms with van der Waals surface area (Å²) in [6, 6.07) is 0.916. The second kappa shape index (κ2) is 4.99. The molecule has 4 heteroatoms. The van der Waals surface area contributed by atoms with Crippen LogP contribution in [0.3, 0.4) is 0 Å². The largest absolute Gasteiger partial charge is 0.480 e. The van der Waals surface area contributed by atoms with Crippen molar-refractivity contribution in [3.8, 4) is 0 Å². The van der Waals surface area contributed by atoms with Crippen LogP contribution < -0.4 is 5.32 Å². The molecule has 114 valence electrons. The first kappa shape index (κ1) is 14.3. The molecule has 2 saturated carbocycles. The number of carboxylic acids is 1. The van der Waals surface area contributed by atoms with Crippen molar-refractivity contribution in [2.24, 2.45) is 5.41 Å². The Kier molecular flexibility index (Phi) is 3.57. The smallest absolute Gasteiger partial charge is 0.323 e. The molecule has 0 amide bonds. The zero-order valence-corrected chi connectivity index (χ0v) is 12.8. The maximum atomic E-state index is 11.8. The number of hydrogen-bond donors (Lipinski definition) is 2. The van der Waals surface area contributed by atoms with Gasteiger partial charge in [0.2, 0.25) is 0 Å². The van der Waals surface area contributed by atoms with Crippen molar-refractivity contribution < 1.29 is 9.90 Å². The quantitative estimate of drug-likeness (QED) is 0.829. The van der Waals surface area contributed by atoms with Crippen LogP contribution in [0.25, 0.3) is 0 Å². The lowest BCUT2D eigenvalue weighted by Crippen LogP contribution is -2.53. The van der Waals surface area contributed by atoms with E-state index < -0.39 is 11.5 Å². The topological polar surface area (TPSA) is 52.6 Å². The molecule has 4 nitrogen and oxygen atoms in total. The molecule has 3 rings (SSSR count). The number of nitrogens with one attached hydrogen (secondary N) is 1. The molecular weight excluding hydrogens is 252 g/mol. The minimum atomic E-state index is -0.645. The Morgan fingerprint density at radius 1 is 1.25 bits per heavy atom. The zero-order chi connectivity index (χ0) is 14.4. The van der Waals surface area contributed by atoms with Crippen LogP contribution in [-0.4, -0.2) is 46.7 Å². The lowest BCUT2D eigenvalue weighted by atomic mass is 9.83. The van der Waals surface area contributed by atoms with Crippen molar-refractivity contribution >= 4 is 5.97 Å². The van der Waals surface area contributed by atoms with Crippen LogP contribution in [0, 0.1) is 5.41 Å². The van der Waals surface area contributed by atoms with Gasteiger partial charge in [-0.2, -0.15) is 0 Å². The second-order valence-electron chi connectivity index (χ2n) is 7.94.